The zero-order valence-corrected chi connectivity index (χ0v) is 18.3. The van der Waals surface area contributed by atoms with Gasteiger partial charge < -0.3 is 15.7 Å². The van der Waals surface area contributed by atoms with Gasteiger partial charge in [0, 0.05) is 45.4 Å². The monoisotopic (exact) mass is 445 g/mol. The topological polar surface area (TPSA) is 130 Å². The molecule has 2 aliphatic rings. The van der Waals surface area contributed by atoms with E-state index >= 15 is 0 Å². The molecule has 2 aromatic rings. The summed E-state index contributed by atoms with van der Waals surface area (Å²) in [5.74, 6) is -1.12. The summed E-state index contributed by atoms with van der Waals surface area (Å²) in [6, 6.07) is 10.2. The highest BCUT2D eigenvalue weighted by molar-refractivity contribution is 7.15. The summed E-state index contributed by atoms with van der Waals surface area (Å²) >= 11 is 1.42. The minimum atomic E-state index is -0.833. The van der Waals surface area contributed by atoms with E-state index in [1.165, 1.54) is 11.3 Å². The smallest absolute Gasteiger partial charge is 0.300 e. The van der Waals surface area contributed by atoms with Crippen LogP contribution in [0.3, 0.4) is 0 Å². The van der Waals surface area contributed by atoms with E-state index in [1.54, 1.807) is 4.90 Å². The van der Waals surface area contributed by atoms with Crippen molar-refractivity contribution in [3.63, 3.8) is 0 Å². The predicted molar refractivity (Wildman–Crippen MR) is 117 cm³/mol. The first-order chi connectivity index (χ1) is 14.8. The van der Waals surface area contributed by atoms with Crippen LogP contribution in [0.25, 0.3) is 0 Å². The van der Waals surface area contributed by atoms with E-state index in [4.69, 9.17) is 15.6 Å². The van der Waals surface area contributed by atoms with Crippen molar-refractivity contribution >= 4 is 34.3 Å². The Morgan fingerprint density at radius 3 is 2.48 bits per heavy atom. The van der Waals surface area contributed by atoms with Crippen molar-refractivity contribution in [2.45, 2.75) is 38.6 Å². The third kappa shape index (κ3) is 6.31. The molecule has 0 saturated carbocycles. The molecule has 9 nitrogen and oxygen atoms in total. The third-order valence-corrected chi connectivity index (χ3v) is 6.16. The van der Waals surface area contributed by atoms with Gasteiger partial charge in [0.1, 0.15) is 5.01 Å². The fourth-order valence-corrected chi connectivity index (χ4v) is 4.53. The summed E-state index contributed by atoms with van der Waals surface area (Å²) in [6.45, 7) is 2.84. The molecule has 0 spiro atoms. The second kappa shape index (κ2) is 10.5. The van der Waals surface area contributed by atoms with Crippen LogP contribution in [0.15, 0.2) is 30.3 Å². The molecule has 1 atom stereocenters. The maximum Gasteiger partial charge on any atom is 0.300 e. The van der Waals surface area contributed by atoms with Gasteiger partial charge >= 0.3 is 0 Å². The maximum absolute atomic E-state index is 12.7. The molecule has 3 N–H and O–H groups in total. The second-order valence-corrected chi connectivity index (χ2v) is 8.77. The van der Waals surface area contributed by atoms with Crippen molar-refractivity contribution in [1.29, 1.82) is 0 Å². The molecule has 4 rings (SSSR count). The van der Waals surface area contributed by atoms with Crippen molar-refractivity contribution in [2.75, 3.05) is 24.5 Å². The van der Waals surface area contributed by atoms with E-state index in [1.807, 2.05) is 35.2 Å². The minimum absolute atomic E-state index is 0.0514. The highest BCUT2D eigenvalue weighted by Crippen LogP contribution is 2.30. The third-order valence-electron chi connectivity index (χ3n) is 5.21. The molecule has 31 heavy (non-hydrogen) atoms. The van der Waals surface area contributed by atoms with Gasteiger partial charge in [-0.1, -0.05) is 41.7 Å². The van der Waals surface area contributed by atoms with Crippen LogP contribution < -0.4 is 10.6 Å². The number of likely N-dealkylation sites (tertiary alicyclic amines) is 1. The highest BCUT2D eigenvalue weighted by Gasteiger charge is 2.39. The summed E-state index contributed by atoms with van der Waals surface area (Å²) < 4.78 is 0. The number of carboxylic acid groups (broad SMARTS) is 1. The summed E-state index contributed by atoms with van der Waals surface area (Å²) in [5.41, 5.74) is 7.07. The normalized spacial score (nSPS) is 19.2. The first kappa shape index (κ1) is 22.8. The van der Waals surface area contributed by atoms with E-state index in [-0.39, 0.29) is 30.2 Å². The van der Waals surface area contributed by atoms with Crippen LogP contribution in [0.5, 0.6) is 0 Å². The lowest BCUT2D eigenvalue weighted by molar-refractivity contribution is -0.137. The number of nitrogens with zero attached hydrogens (tertiary/aromatic N) is 4. The predicted octanol–water partition coefficient (Wildman–Crippen LogP) is 1.52. The Hall–Kier alpha value is -2.85. The van der Waals surface area contributed by atoms with E-state index in [2.05, 4.69) is 10.2 Å². The Morgan fingerprint density at radius 2 is 1.84 bits per heavy atom. The quantitative estimate of drug-likeness (QED) is 0.730. The van der Waals surface area contributed by atoms with E-state index in [9.17, 15) is 9.59 Å². The number of aliphatic carboxylic acids is 1. The van der Waals surface area contributed by atoms with Gasteiger partial charge in [-0.05, 0) is 18.4 Å². The number of rotatable bonds is 4. The van der Waals surface area contributed by atoms with E-state index in [0.717, 1.165) is 30.3 Å². The second-order valence-electron chi connectivity index (χ2n) is 7.73. The lowest BCUT2D eigenvalue weighted by Crippen LogP contribution is -2.45. The molecule has 2 amide bonds. The Labute approximate surface area is 184 Å². The highest BCUT2D eigenvalue weighted by atomic mass is 32.1. The Balaban J connectivity index is 0.000000628. The minimum Gasteiger partial charge on any atom is -0.481 e. The van der Waals surface area contributed by atoms with Crippen molar-refractivity contribution < 1.29 is 19.5 Å². The Bertz CT molecular complexity index is 908. The largest absolute Gasteiger partial charge is 0.481 e. The molecule has 2 saturated heterocycles. The van der Waals surface area contributed by atoms with Gasteiger partial charge in [0.05, 0.1) is 5.92 Å². The molecule has 0 bridgehead atoms. The van der Waals surface area contributed by atoms with Gasteiger partial charge in [0.15, 0.2) is 0 Å². The fraction of sp³-hybridized carbons (Fsp3) is 0.476. The number of amides is 2. The van der Waals surface area contributed by atoms with Gasteiger partial charge in [-0.15, -0.1) is 10.2 Å². The first-order valence-electron chi connectivity index (χ1n) is 10.2. The number of carbonyl (C=O) groups excluding carboxylic acids is 2. The van der Waals surface area contributed by atoms with Crippen molar-refractivity contribution in [3.05, 3.63) is 40.9 Å². The molecule has 0 radical (unpaired) electrons. The lowest BCUT2D eigenvalue weighted by Gasteiger charge is -2.31. The molecule has 1 aromatic carbocycles. The van der Waals surface area contributed by atoms with Gasteiger partial charge in [-0.25, -0.2) is 0 Å². The number of hydrogen-bond acceptors (Lipinski definition) is 7. The molecular weight excluding hydrogens is 418 g/mol. The standard InChI is InChI=1S/C19H23N5O2S.C2H4O2/c20-15-6-8-23(9-7-15)18(26)14-11-17(25)24(12-14)19-22-21-16(27-19)10-13-4-2-1-3-5-13;1-2(3)4/h1-5,14-15H,6-12,20H2;1H3,(H,3,4). The number of hydrogen-bond donors (Lipinski definition) is 2. The van der Waals surface area contributed by atoms with Crippen molar-refractivity contribution in [2.24, 2.45) is 11.7 Å². The summed E-state index contributed by atoms with van der Waals surface area (Å²) in [4.78, 5) is 37.7. The fourth-order valence-electron chi connectivity index (χ4n) is 3.63. The average Bonchev–Trinajstić information content (AvgIpc) is 3.35. The van der Waals surface area contributed by atoms with Crippen molar-refractivity contribution in [1.82, 2.24) is 15.1 Å². The Morgan fingerprint density at radius 1 is 1.19 bits per heavy atom. The number of carboxylic acids is 1. The molecule has 1 unspecified atom stereocenters. The Kier molecular flexibility index (Phi) is 7.69. The molecule has 2 fully saturated rings. The average molecular weight is 446 g/mol. The number of nitrogens with two attached hydrogens (primary N) is 1. The zero-order valence-electron chi connectivity index (χ0n) is 17.4. The molecule has 10 heteroatoms. The summed E-state index contributed by atoms with van der Waals surface area (Å²) in [6.07, 6.45) is 2.59. The molecule has 1 aromatic heterocycles. The van der Waals surface area contributed by atoms with Crippen LogP contribution in [0.2, 0.25) is 0 Å². The number of anilines is 1. The van der Waals surface area contributed by atoms with Crippen LogP contribution in [0.4, 0.5) is 5.13 Å². The van der Waals surface area contributed by atoms with Crippen LogP contribution in [-0.2, 0) is 20.8 Å². The SMILES string of the molecule is CC(=O)O.NC1CCN(C(=O)C2CC(=O)N(c3nnc(Cc4ccccc4)s3)C2)CC1. The number of carbonyl (C=O) groups is 3. The van der Waals surface area contributed by atoms with Gasteiger partial charge in [0.2, 0.25) is 16.9 Å². The van der Waals surface area contributed by atoms with E-state index in [0.29, 0.717) is 31.2 Å². The molecule has 3 heterocycles. The van der Waals surface area contributed by atoms with Crippen LogP contribution >= 0.6 is 11.3 Å². The zero-order chi connectivity index (χ0) is 22.4. The van der Waals surface area contributed by atoms with Crippen LogP contribution in [0, 0.1) is 5.92 Å². The maximum atomic E-state index is 12.7. The lowest BCUT2D eigenvalue weighted by atomic mass is 10.0. The van der Waals surface area contributed by atoms with Gasteiger partial charge in [-0.2, -0.15) is 0 Å². The number of benzene rings is 1. The molecule has 166 valence electrons. The van der Waals surface area contributed by atoms with Gasteiger partial charge in [-0.3, -0.25) is 19.3 Å². The number of piperidine rings is 1. The van der Waals surface area contributed by atoms with Crippen LogP contribution in [0.1, 0.15) is 36.8 Å². The van der Waals surface area contributed by atoms with Crippen molar-refractivity contribution in [3.8, 4) is 0 Å². The van der Waals surface area contributed by atoms with E-state index < -0.39 is 5.97 Å². The molecule has 0 aliphatic carbocycles. The first-order valence-corrected chi connectivity index (χ1v) is 11.1. The number of aromatic nitrogens is 2. The molecular formula is C21H27N5O4S. The van der Waals surface area contributed by atoms with Gasteiger partial charge in [0.25, 0.3) is 5.97 Å². The van der Waals surface area contributed by atoms with Crippen LogP contribution in [-0.4, -0.2) is 63.7 Å². The summed E-state index contributed by atoms with van der Waals surface area (Å²) in [5, 5.41) is 17.3. The molecule has 2 aliphatic heterocycles. The summed E-state index contributed by atoms with van der Waals surface area (Å²) in [7, 11) is 0.